The average Bonchev–Trinajstić information content (AvgIpc) is 2.35. The number of nitrogens with zero attached hydrogens (tertiary/aromatic N) is 3. The first-order valence-corrected chi connectivity index (χ1v) is 4.86. The summed E-state index contributed by atoms with van der Waals surface area (Å²) < 4.78 is 4.88. The normalized spacial score (nSPS) is 10.2. The van der Waals surface area contributed by atoms with E-state index in [1.54, 1.807) is 19.1 Å². The molecular weight excluding hydrogens is 222 g/mol. The summed E-state index contributed by atoms with van der Waals surface area (Å²) in [5.74, 6) is 0.853. The molecule has 0 amide bonds. The molecule has 88 valence electrons. The van der Waals surface area contributed by atoms with Crippen LogP contribution in [-0.2, 0) is 0 Å². The van der Waals surface area contributed by atoms with E-state index in [9.17, 15) is 4.79 Å². The zero-order valence-corrected chi connectivity index (χ0v) is 9.39. The van der Waals surface area contributed by atoms with E-state index in [2.05, 4.69) is 20.2 Å². The Labute approximate surface area is 96.7 Å². The second kappa shape index (κ2) is 4.20. The summed E-state index contributed by atoms with van der Waals surface area (Å²) in [4.78, 5) is 18.1. The summed E-state index contributed by atoms with van der Waals surface area (Å²) in [5.41, 5.74) is 6.13. The number of hydrogen-bond acceptors (Lipinski definition) is 6. The first-order valence-electron chi connectivity index (χ1n) is 4.86. The minimum Gasteiger partial charge on any atom is -0.480 e. The maximum atomic E-state index is 11.5. The molecule has 0 atom stereocenters. The number of nitrogens with two attached hydrogens (primary N) is 1. The van der Waals surface area contributed by atoms with E-state index in [1.165, 1.54) is 7.11 Å². The van der Waals surface area contributed by atoms with Crippen molar-refractivity contribution in [3.63, 3.8) is 0 Å². The molecule has 7 heteroatoms. The molecule has 3 N–H and O–H groups in total. The Bertz CT molecular complexity index is 591. The number of rotatable bonds is 2. The quantitative estimate of drug-likeness (QED) is 0.763. The molecule has 0 aliphatic carbocycles. The lowest BCUT2D eigenvalue weighted by atomic mass is 10.3. The molecule has 0 bridgehead atoms. The summed E-state index contributed by atoms with van der Waals surface area (Å²) in [6.45, 7) is 1.60. The largest absolute Gasteiger partial charge is 0.480 e. The molecule has 0 fully saturated rings. The lowest BCUT2D eigenvalue weighted by Gasteiger charge is -2.03. The van der Waals surface area contributed by atoms with E-state index in [0.29, 0.717) is 17.1 Å². The summed E-state index contributed by atoms with van der Waals surface area (Å²) in [6.07, 6.45) is 0. The van der Waals surface area contributed by atoms with E-state index in [1.807, 2.05) is 0 Å². The minimum atomic E-state index is -0.287. The molecular formula is C10H11N5O2. The van der Waals surface area contributed by atoms with E-state index in [-0.39, 0.29) is 17.2 Å². The van der Waals surface area contributed by atoms with Gasteiger partial charge in [-0.15, -0.1) is 10.2 Å². The molecule has 2 rings (SSSR count). The number of aromatic nitrogens is 4. The standard InChI is InChI=1S/C10H11N5O2/c1-5-8(11)12-9(13-10(5)16)6-3-4-7(17-2)15-14-6/h3-4H,1-2H3,(H3,11,12,13,16). The van der Waals surface area contributed by atoms with Crippen molar-refractivity contribution < 1.29 is 4.74 Å². The van der Waals surface area contributed by atoms with Crippen LogP contribution in [0.5, 0.6) is 5.88 Å². The number of methoxy groups -OCH3 is 1. The maximum absolute atomic E-state index is 11.5. The zero-order chi connectivity index (χ0) is 12.4. The van der Waals surface area contributed by atoms with E-state index in [0.717, 1.165) is 0 Å². The Hall–Kier alpha value is -2.44. The van der Waals surface area contributed by atoms with Crippen LogP contribution in [0.15, 0.2) is 16.9 Å². The van der Waals surface area contributed by atoms with Crippen molar-refractivity contribution in [3.8, 4) is 17.4 Å². The lowest BCUT2D eigenvalue weighted by molar-refractivity contribution is 0.392. The van der Waals surface area contributed by atoms with Crippen LogP contribution in [0.2, 0.25) is 0 Å². The predicted octanol–water partition coefficient (Wildman–Crippen LogP) is 0.126. The van der Waals surface area contributed by atoms with Crippen molar-refractivity contribution in [1.29, 1.82) is 0 Å². The van der Waals surface area contributed by atoms with Crippen molar-refractivity contribution in [2.75, 3.05) is 12.8 Å². The number of anilines is 1. The Morgan fingerprint density at radius 1 is 1.35 bits per heavy atom. The van der Waals surface area contributed by atoms with Crippen LogP contribution in [0.3, 0.4) is 0 Å². The Morgan fingerprint density at radius 3 is 2.65 bits per heavy atom. The lowest BCUT2D eigenvalue weighted by Crippen LogP contribution is -2.15. The Kier molecular flexibility index (Phi) is 2.73. The molecule has 2 heterocycles. The average molecular weight is 233 g/mol. The van der Waals surface area contributed by atoms with E-state index in [4.69, 9.17) is 10.5 Å². The molecule has 0 radical (unpaired) electrons. The van der Waals surface area contributed by atoms with Gasteiger partial charge in [0.1, 0.15) is 11.5 Å². The van der Waals surface area contributed by atoms with Crippen LogP contribution < -0.4 is 16.0 Å². The van der Waals surface area contributed by atoms with Crippen molar-refractivity contribution in [3.05, 3.63) is 28.0 Å². The first kappa shape index (κ1) is 11.1. The zero-order valence-electron chi connectivity index (χ0n) is 9.39. The SMILES string of the molecule is COc1ccc(-c2nc(N)c(C)c(=O)[nH]2)nn1. The van der Waals surface area contributed by atoms with Gasteiger partial charge in [0.25, 0.3) is 5.56 Å². The molecule has 7 nitrogen and oxygen atoms in total. The third-order valence-corrected chi connectivity index (χ3v) is 2.28. The van der Waals surface area contributed by atoms with Crippen molar-refractivity contribution >= 4 is 5.82 Å². The van der Waals surface area contributed by atoms with Gasteiger partial charge < -0.3 is 15.5 Å². The summed E-state index contributed by atoms with van der Waals surface area (Å²) >= 11 is 0. The molecule has 0 aromatic carbocycles. The van der Waals surface area contributed by atoms with Gasteiger partial charge in [-0.2, -0.15) is 0 Å². The molecule has 0 unspecified atom stereocenters. The molecule has 0 aliphatic heterocycles. The number of ether oxygens (including phenoxy) is 1. The summed E-state index contributed by atoms with van der Waals surface area (Å²) in [6, 6.07) is 3.26. The van der Waals surface area contributed by atoms with Crippen molar-refractivity contribution in [2.24, 2.45) is 0 Å². The number of aromatic amines is 1. The van der Waals surface area contributed by atoms with Gasteiger partial charge in [0.2, 0.25) is 5.88 Å². The van der Waals surface area contributed by atoms with Gasteiger partial charge in [-0.25, -0.2) is 4.98 Å². The minimum absolute atomic E-state index is 0.182. The third kappa shape index (κ3) is 2.07. The number of nitrogens with one attached hydrogen (secondary N) is 1. The van der Waals surface area contributed by atoms with Gasteiger partial charge in [-0.05, 0) is 13.0 Å². The first-order chi connectivity index (χ1) is 8.11. The van der Waals surface area contributed by atoms with Gasteiger partial charge in [-0.3, -0.25) is 4.79 Å². The van der Waals surface area contributed by atoms with Crippen molar-refractivity contribution in [2.45, 2.75) is 6.92 Å². The van der Waals surface area contributed by atoms with Crippen molar-refractivity contribution in [1.82, 2.24) is 20.2 Å². The van der Waals surface area contributed by atoms with Gasteiger partial charge in [0, 0.05) is 6.07 Å². The molecule has 0 saturated carbocycles. The number of H-pyrrole nitrogens is 1. The van der Waals surface area contributed by atoms with Crippen LogP contribution in [0.25, 0.3) is 11.5 Å². The second-order valence-electron chi connectivity index (χ2n) is 3.39. The molecule has 17 heavy (non-hydrogen) atoms. The molecule has 2 aromatic rings. The van der Waals surface area contributed by atoms with Gasteiger partial charge in [0.05, 0.1) is 12.7 Å². The number of hydrogen-bond donors (Lipinski definition) is 2. The Morgan fingerprint density at radius 2 is 2.12 bits per heavy atom. The van der Waals surface area contributed by atoms with E-state index >= 15 is 0 Å². The van der Waals surface area contributed by atoms with Crippen LogP contribution in [-0.4, -0.2) is 27.3 Å². The topological polar surface area (TPSA) is 107 Å². The third-order valence-electron chi connectivity index (χ3n) is 2.28. The smallest absolute Gasteiger partial charge is 0.256 e. The maximum Gasteiger partial charge on any atom is 0.256 e. The van der Waals surface area contributed by atoms with Gasteiger partial charge in [0.15, 0.2) is 5.82 Å². The molecule has 2 aromatic heterocycles. The van der Waals surface area contributed by atoms with Crippen LogP contribution >= 0.6 is 0 Å². The number of nitrogen functional groups attached to an aromatic ring is 1. The molecule has 0 aliphatic rings. The van der Waals surface area contributed by atoms with Crippen LogP contribution in [0.1, 0.15) is 5.56 Å². The van der Waals surface area contributed by atoms with Crippen LogP contribution in [0, 0.1) is 6.92 Å². The van der Waals surface area contributed by atoms with Gasteiger partial charge in [-0.1, -0.05) is 0 Å². The van der Waals surface area contributed by atoms with Gasteiger partial charge >= 0.3 is 0 Å². The van der Waals surface area contributed by atoms with E-state index < -0.39 is 0 Å². The molecule has 0 spiro atoms. The highest BCUT2D eigenvalue weighted by Crippen LogP contribution is 2.13. The predicted molar refractivity (Wildman–Crippen MR) is 61.6 cm³/mol. The highest BCUT2D eigenvalue weighted by molar-refractivity contribution is 5.52. The monoisotopic (exact) mass is 233 g/mol. The highest BCUT2D eigenvalue weighted by Gasteiger charge is 2.08. The summed E-state index contributed by atoms with van der Waals surface area (Å²) in [5, 5.41) is 7.65. The fourth-order valence-corrected chi connectivity index (χ4v) is 1.23. The highest BCUT2D eigenvalue weighted by atomic mass is 16.5. The second-order valence-corrected chi connectivity index (χ2v) is 3.39. The fourth-order valence-electron chi connectivity index (χ4n) is 1.23. The Balaban J connectivity index is 2.49. The fraction of sp³-hybridized carbons (Fsp3) is 0.200. The summed E-state index contributed by atoms with van der Waals surface area (Å²) in [7, 11) is 1.49. The molecule has 0 saturated heterocycles. The van der Waals surface area contributed by atoms with Crippen LogP contribution in [0.4, 0.5) is 5.82 Å².